The minimum absolute atomic E-state index is 0.291. The topological polar surface area (TPSA) is 61.0 Å². The lowest BCUT2D eigenvalue weighted by molar-refractivity contribution is 0.454. The lowest BCUT2D eigenvalue weighted by Gasteiger charge is -2.05. The zero-order valence-corrected chi connectivity index (χ0v) is 10.3. The van der Waals surface area contributed by atoms with Crippen LogP contribution in [-0.2, 0) is 6.54 Å². The van der Waals surface area contributed by atoms with Gasteiger partial charge in [-0.2, -0.15) is 0 Å². The van der Waals surface area contributed by atoms with Crippen molar-refractivity contribution in [3.05, 3.63) is 46.6 Å². The Morgan fingerprint density at radius 3 is 2.65 bits per heavy atom. The van der Waals surface area contributed by atoms with Crippen molar-refractivity contribution in [3.63, 3.8) is 0 Å². The molecule has 0 radical (unpaired) electrons. The molecule has 0 bridgehead atoms. The van der Waals surface area contributed by atoms with Gasteiger partial charge in [0, 0.05) is 17.1 Å². The van der Waals surface area contributed by atoms with Crippen molar-refractivity contribution in [2.75, 3.05) is 0 Å². The third kappa shape index (κ3) is 3.21. The van der Waals surface area contributed by atoms with Gasteiger partial charge in [0.1, 0.15) is 11.6 Å². The molecule has 2 N–H and O–H groups in total. The minimum Gasteiger partial charge on any atom is -0.437 e. The van der Waals surface area contributed by atoms with Crippen LogP contribution in [0.5, 0.6) is 11.6 Å². The summed E-state index contributed by atoms with van der Waals surface area (Å²) in [5.41, 5.74) is 6.06. The van der Waals surface area contributed by atoms with E-state index in [4.69, 9.17) is 10.5 Å². The number of aromatic nitrogens is 2. The largest absolute Gasteiger partial charge is 0.437 e. The van der Waals surface area contributed by atoms with E-state index >= 15 is 0 Å². The van der Waals surface area contributed by atoms with E-state index in [2.05, 4.69) is 25.9 Å². The molecule has 0 aliphatic heterocycles. The van der Waals surface area contributed by atoms with Gasteiger partial charge in [0.2, 0.25) is 5.88 Å². The van der Waals surface area contributed by atoms with E-state index in [0.717, 1.165) is 0 Å². The van der Waals surface area contributed by atoms with Crippen molar-refractivity contribution in [2.45, 2.75) is 6.54 Å². The Balaban J connectivity index is 2.19. The third-order valence-corrected chi connectivity index (χ3v) is 2.41. The molecule has 0 saturated carbocycles. The zero-order chi connectivity index (χ0) is 12.3. The van der Waals surface area contributed by atoms with Gasteiger partial charge in [0.15, 0.2) is 0 Å². The minimum atomic E-state index is -0.388. The molecule has 0 aliphatic rings. The molecule has 17 heavy (non-hydrogen) atoms. The fourth-order valence-electron chi connectivity index (χ4n) is 1.21. The van der Waals surface area contributed by atoms with E-state index < -0.39 is 0 Å². The summed E-state index contributed by atoms with van der Waals surface area (Å²) in [7, 11) is 0. The summed E-state index contributed by atoms with van der Waals surface area (Å²) < 4.78 is 19.0. The first-order chi connectivity index (χ1) is 8.17. The second-order valence-electron chi connectivity index (χ2n) is 3.26. The molecule has 0 amide bonds. The molecule has 6 heteroatoms. The molecule has 1 aromatic carbocycles. The fourth-order valence-corrected chi connectivity index (χ4v) is 1.65. The van der Waals surface area contributed by atoms with Crippen LogP contribution in [0.1, 0.15) is 5.69 Å². The molecule has 0 saturated heterocycles. The Bertz CT molecular complexity index is 498. The van der Waals surface area contributed by atoms with Crippen LogP contribution in [0.3, 0.4) is 0 Å². The van der Waals surface area contributed by atoms with Crippen LogP contribution in [-0.4, -0.2) is 9.97 Å². The predicted molar refractivity (Wildman–Crippen MR) is 64.1 cm³/mol. The monoisotopic (exact) mass is 297 g/mol. The maximum atomic E-state index is 13.1. The molecule has 1 aromatic heterocycles. The second kappa shape index (κ2) is 5.20. The van der Waals surface area contributed by atoms with E-state index in [0.29, 0.717) is 28.3 Å². The molecule has 0 unspecified atom stereocenters. The molecule has 2 rings (SSSR count). The van der Waals surface area contributed by atoms with Crippen LogP contribution >= 0.6 is 15.9 Å². The van der Waals surface area contributed by atoms with E-state index in [-0.39, 0.29) is 5.82 Å². The number of ether oxygens (including phenoxy) is 1. The molecular weight excluding hydrogens is 289 g/mol. The lowest BCUT2D eigenvalue weighted by atomic mass is 10.3. The van der Waals surface area contributed by atoms with Gasteiger partial charge >= 0.3 is 0 Å². The number of hydrogen-bond acceptors (Lipinski definition) is 4. The Morgan fingerprint density at radius 1 is 1.24 bits per heavy atom. The van der Waals surface area contributed by atoms with Crippen molar-refractivity contribution < 1.29 is 9.13 Å². The quantitative estimate of drug-likeness (QED) is 0.946. The van der Waals surface area contributed by atoms with E-state index in [9.17, 15) is 4.39 Å². The van der Waals surface area contributed by atoms with Crippen molar-refractivity contribution in [1.82, 2.24) is 9.97 Å². The van der Waals surface area contributed by atoms with Crippen LogP contribution < -0.4 is 10.5 Å². The predicted octanol–water partition coefficient (Wildman–Crippen LogP) is 2.63. The lowest BCUT2D eigenvalue weighted by Crippen LogP contribution is -2.00. The summed E-state index contributed by atoms with van der Waals surface area (Å²) >= 11 is 3.18. The Kier molecular flexibility index (Phi) is 3.65. The molecule has 4 nitrogen and oxygen atoms in total. The van der Waals surface area contributed by atoms with Crippen molar-refractivity contribution in [3.8, 4) is 11.6 Å². The van der Waals surface area contributed by atoms with Gasteiger partial charge < -0.3 is 10.5 Å². The van der Waals surface area contributed by atoms with Crippen molar-refractivity contribution >= 4 is 15.9 Å². The SMILES string of the molecule is NCc1cnc(Oc2cc(F)cc(Br)c2)cn1. The average molecular weight is 298 g/mol. The fraction of sp³-hybridized carbons (Fsp3) is 0.0909. The first kappa shape index (κ1) is 11.9. The van der Waals surface area contributed by atoms with Crippen LogP contribution in [0, 0.1) is 5.82 Å². The molecule has 1 heterocycles. The summed E-state index contributed by atoms with van der Waals surface area (Å²) in [6.45, 7) is 0.318. The molecule has 88 valence electrons. The summed E-state index contributed by atoms with van der Waals surface area (Å²) in [5, 5.41) is 0. The number of benzene rings is 1. The number of nitrogens with zero attached hydrogens (tertiary/aromatic N) is 2. The normalized spacial score (nSPS) is 10.3. The Hall–Kier alpha value is -1.53. The van der Waals surface area contributed by atoms with Crippen molar-refractivity contribution in [2.24, 2.45) is 5.73 Å². The van der Waals surface area contributed by atoms with Gasteiger partial charge in [0.05, 0.1) is 18.1 Å². The molecule has 0 spiro atoms. The standard InChI is InChI=1S/C11H9BrFN3O/c12-7-1-8(13)3-10(2-7)17-11-6-15-9(4-14)5-16-11/h1-3,5-6H,4,14H2. The van der Waals surface area contributed by atoms with Gasteiger partial charge in [0.25, 0.3) is 0 Å². The van der Waals surface area contributed by atoms with E-state index in [1.54, 1.807) is 6.07 Å². The summed E-state index contributed by atoms with van der Waals surface area (Å²) in [6.07, 6.45) is 2.96. The van der Waals surface area contributed by atoms with Gasteiger partial charge in [-0.25, -0.2) is 9.37 Å². The van der Waals surface area contributed by atoms with Gasteiger partial charge in [-0.15, -0.1) is 0 Å². The maximum Gasteiger partial charge on any atom is 0.237 e. The molecule has 0 fully saturated rings. The van der Waals surface area contributed by atoms with Crippen LogP contribution in [0.15, 0.2) is 35.1 Å². The summed E-state index contributed by atoms with van der Waals surface area (Å²) in [5.74, 6) is 0.257. The van der Waals surface area contributed by atoms with Gasteiger partial charge in [-0.05, 0) is 12.1 Å². The Morgan fingerprint density at radius 2 is 2.06 bits per heavy atom. The van der Waals surface area contributed by atoms with Crippen LogP contribution in [0.25, 0.3) is 0 Å². The molecular formula is C11H9BrFN3O. The van der Waals surface area contributed by atoms with Crippen molar-refractivity contribution in [1.29, 1.82) is 0 Å². The van der Waals surface area contributed by atoms with Gasteiger partial charge in [-0.3, -0.25) is 4.98 Å². The number of nitrogens with two attached hydrogens (primary N) is 1. The summed E-state index contributed by atoms with van der Waals surface area (Å²) in [6, 6.07) is 4.25. The highest BCUT2D eigenvalue weighted by molar-refractivity contribution is 9.10. The van der Waals surface area contributed by atoms with Gasteiger partial charge in [-0.1, -0.05) is 15.9 Å². The molecule has 0 atom stereocenters. The number of rotatable bonds is 3. The van der Waals surface area contributed by atoms with E-state index in [1.165, 1.54) is 24.5 Å². The highest BCUT2D eigenvalue weighted by Gasteiger charge is 2.03. The third-order valence-electron chi connectivity index (χ3n) is 1.95. The maximum absolute atomic E-state index is 13.1. The smallest absolute Gasteiger partial charge is 0.237 e. The summed E-state index contributed by atoms with van der Waals surface area (Å²) in [4.78, 5) is 8.02. The number of hydrogen-bond donors (Lipinski definition) is 1. The first-order valence-corrected chi connectivity index (χ1v) is 5.61. The van der Waals surface area contributed by atoms with E-state index in [1.807, 2.05) is 0 Å². The second-order valence-corrected chi connectivity index (χ2v) is 4.17. The molecule has 0 aliphatic carbocycles. The first-order valence-electron chi connectivity index (χ1n) is 4.82. The highest BCUT2D eigenvalue weighted by atomic mass is 79.9. The van der Waals surface area contributed by atoms with Crippen LogP contribution in [0.4, 0.5) is 4.39 Å². The average Bonchev–Trinajstić information content (AvgIpc) is 2.28. The Labute approximate surface area is 106 Å². The highest BCUT2D eigenvalue weighted by Crippen LogP contribution is 2.24. The van der Waals surface area contributed by atoms with Crippen LogP contribution in [0.2, 0.25) is 0 Å². The number of halogens is 2. The molecule has 2 aromatic rings. The zero-order valence-electron chi connectivity index (χ0n) is 8.73.